The van der Waals surface area contributed by atoms with Crippen molar-refractivity contribution in [3.05, 3.63) is 60.4 Å². The molecule has 1 N–H and O–H groups in total. The van der Waals surface area contributed by atoms with Gasteiger partial charge in [0, 0.05) is 27.2 Å². The summed E-state index contributed by atoms with van der Waals surface area (Å²) in [6, 6.07) is 11.2. The highest BCUT2D eigenvalue weighted by molar-refractivity contribution is 6.76. The number of fused-ring (bicyclic) bond motifs is 3. The molecular weight excluding hydrogens is 625 g/mol. The highest BCUT2D eigenvalue weighted by atomic mass is 28.4. The molecule has 1 aromatic rings. The fraction of sp³-hybridized carbons (Fsp3) is 0.737. The van der Waals surface area contributed by atoms with Gasteiger partial charge in [-0.05, 0) is 72.5 Å². The summed E-state index contributed by atoms with van der Waals surface area (Å²) in [5, 5.41) is 12.0. The number of hydrogen-bond acceptors (Lipinski definition) is 7. The Morgan fingerprint density at radius 2 is 1.74 bits per heavy atom. The molecule has 1 aliphatic heterocycles. The second kappa shape index (κ2) is 14.5. The van der Waals surface area contributed by atoms with E-state index in [4.69, 9.17) is 28.1 Å². The summed E-state index contributed by atoms with van der Waals surface area (Å²) in [4.78, 5) is 0. The van der Waals surface area contributed by atoms with Gasteiger partial charge in [-0.1, -0.05) is 90.7 Å². The van der Waals surface area contributed by atoms with Crippen LogP contribution in [-0.4, -0.2) is 78.6 Å². The zero-order chi connectivity index (χ0) is 34.8. The summed E-state index contributed by atoms with van der Waals surface area (Å²) in [6.45, 7) is 24.9. The van der Waals surface area contributed by atoms with E-state index in [0.717, 1.165) is 31.1 Å². The molecule has 4 rings (SSSR count). The van der Waals surface area contributed by atoms with Gasteiger partial charge in [0.05, 0.1) is 38.3 Å². The Balaban J connectivity index is 1.67. The van der Waals surface area contributed by atoms with E-state index < -0.39 is 33.7 Å². The molecule has 2 aliphatic carbocycles. The lowest BCUT2D eigenvalue weighted by Crippen LogP contribution is -2.62. The van der Waals surface area contributed by atoms with Crippen molar-refractivity contribution in [1.29, 1.82) is 0 Å². The normalized spacial score (nSPS) is 31.2. The van der Waals surface area contributed by atoms with Gasteiger partial charge in [0.1, 0.15) is 18.0 Å². The molecule has 1 heterocycles. The van der Waals surface area contributed by atoms with E-state index in [1.54, 1.807) is 7.11 Å². The third-order valence-corrected chi connectivity index (χ3v) is 18.2. The molecule has 3 aliphatic rings. The third-order valence-electron chi connectivity index (χ3n) is 11.9. The zero-order valence-corrected chi connectivity index (χ0v) is 33.2. The lowest BCUT2D eigenvalue weighted by molar-refractivity contribution is -0.233. The highest BCUT2D eigenvalue weighted by Crippen LogP contribution is 2.73. The maximum atomic E-state index is 11.9. The minimum Gasteiger partial charge on any atom is -0.502 e. The minimum atomic E-state index is -1.98. The van der Waals surface area contributed by atoms with Crippen LogP contribution in [0.3, 0.4) is 0 Å². The van der Waals surface area contributed by atoms with Crippen molar-refractivity contribution in [1.82, 2.24) is 0 Å². The Kier molecular flexibility index (Phi) is 11.9. The molecule has 0 saturated heterocycles. The van der Waals surface area contributed by atoms with Crippen molar-refractivity contribution < 1.29 is 33.2 Å². The number of hydrogen-bond donors (Lipinski definition) is 1. The predicted molar refractivity (Wildman–Crippen MR) is 194 cm³/mol. The van der Waals surface area contributed by atoms with Crippen molar-refractivity contribution in [3.63, 3.8) is 0 Å². The summed E-state index contributed by atoms with van der Waals surface area (Å²) in [6.07, 6.45) is 9.80. The largest absolute Gasteiger partial charge is 0.502 e. The van der Waals surface area contributed by atoms with Gasteiger partial charge in [-0.25, -0.2) is 0 Å². The van der Waals surface area contributed by atoms with Gasteiger partial charge < -0.3 is 33.2 Å². The quantitative estimate of drug-likeness (QED) is 0.0616. The highest BCUT2D eigenvalue weighted by Gasteiger charge is 2.76. The van der Waals surface area contributed by atoms with Crippen LogP contribution in [0.1, 0.15) is 59.4 Å². The number of ether oxygens (including phenoxy) is 5. The van der Waals surface area contributed by atoms with E-state index in [-0.39, 0.29) is 41.3 Å². The number of aliphatic hydroxyl groups is 1. The van der Waals surface area contributed by atoms with Gasteiger partial charge in [-0.15, -0.1) is 0 Å². The molecule has 0 amide bonds. The molecular formula is C38H64O7Si2. The third kappa shape index (κ3) is 7.72. The molecule has 266 valence electrons. The first kappa shape index (κ1) is 38.5. The average molecular weight is 689 g/mol. The Hall–Kier alpha value is -1.31. The van der Waals surface area contributed by atoms with Gasteiger partial charge >= 0.3 is 0 Å². The Morgan fingerprint density at radius 3 is 2.34 bits per heavy atom. The first-order valence-electron chi connectivity index (χ1n) is 17.6. The molecule has 0 aromatic heterocycles. The Labute approximate surface area is 287 Å². The van der Waals surface area contributed by atoms with Crippen molar-refractivity contribution in [2.75, 3.05) is 33.7 Å². The predicted octanol–water partition coefficient (Wildman–Crippen LogP) is 8.33. The number of rotatable bonds is 16. The van der Waals surface area contributed by atoms with E-state index in [0.29, 0.717) is 19.6 Å². The van der Waals surface area contributed by atoms with Crippen LogP contribution < -0.4 is 0 Å². The first-order valence-corrected chi connectivity index (χ1v) is 24.2. The van der Waals surface area contributed by atoms with Crippen LogP contribution >= 0.6 is 0 Å². The second-order valence-corrected chi connectivity index (χ2v) is 27.8. The molecule has 7 nitrogen and oxygen atoms in total. The molecule has 2 fully saturated rings. The monoisotopic (exact) mass is 688 g/mol. The van der Waals surface area contributed by atoms with Crippen molar-refractivity contribution >= 4 is 16.4 Å². The standard InChI is InChI=1S/C38H64O7Si2/c1-34(2,3)47(10,11)45-23-18-32(39)36(43-27-30-15-13-12-14-16-30)20-21-38(44-28-36)33(42-29-40-6)31-17-19-37(38,35(31,4)5)22-24-41-25-26-46(7,8)9/h12-16,20-22,24,31-33,39H,17-19,23,25-29H2,1-11H3/b24-22-/t31-,32?,33-,36+,37+,38?/m1/s1. The Bertz CT molecular complexity index is 1220. The fourth-order valence-electron chi connectivity index (χ4n) is 7.71. The van der Waals surface area contributed by atoms with Crippen LogP contribution in [0.5, 0.6) is 0 Å². The Morgan fingerprint density at radius 1 is 1.04 bits per heavy atom. The van der Waals surface area contributed by atoms with Crippen LogP contribution in [0.4, 0.5) is 0 Å². The van der Waals surface area contributed by atoms with E-state index in [1.165, 1.54) is 0 Å². The molecule has 2 saturated carbocycles. The topological polar surface area (TPSA) is 75.6 Å². The van der Waals surface area contributed by atoms with E-state index in [9.17, 15) is 5.11 Å². The van der Waals surface area contributed by atoms with E-state index >= 15 is 0 Å². The summed E-state index contributed by atoms with van der Waals surface area (Å²) < 4.78 is 38.5. The smallest absolute Gasteiger partial charge is 0.191 e. The number of methoxy groups -OCH3 is 1. The lowest BCUT2D eigenvalue weighted by Gasteiger charge is -2.53. The molecule has 2 unspecified atom stereocenters. The van der Waals surface area contributed by atoms with Gasteiger partial charge in [-0.3, -0.25) is 0 Å². The van der Waals surface area contributed by atoms with Crippen LogP contribution in [0, 0.1) is 16.7 Å². The molecule has 9 heteroatoms. The summed E-state index contributed by atoms with van der Waals surface area (Å²) in [5.41, 5.74) is -1.28. The first-order chi connectivity index (χ1) is 21.9. The minimum absolute atomic E-state index is 0.0890. The SMILES string of the molecule is COCO[C@@H]1[C@H]2CC[C@](/C=C\OCC[Si](C)(C)C)(C2(C)C)C12C=C[C@@](OCc1ccccc1)(C(O)CCO[Si](C)(C)C(C)(C)C)CO2. The van der Waals surface area contributed by atoms with Crippen LogP contribution in [0.2, 0.25) is 43.8 Å². The summed E-state index contributed by atoms with van der Waals surface area (Å²) in [7, 11) is -1.53. The molecule has 2 bridgehead atoms. The van der Waals surface area contributed by atoms with Crippen molar-refractivity contribution in [2.45, 2.75) is 128 Å². The van der Waals surface area contributed by atoms with Gasteiger partial charge in [0.2, 0.25) is 0 Å². The second-order valence-electron chi connectivity index (χ2n) is 17.4. The van der Waals surface area contributed by atoms with Crippen LogP contribution in [0.25, 0.3) is 0 Å². The maximum Gasteiger partial charge on any atom is 0.191 e. The van der Waals surface area contributed by atoms with Gasteiger partial charge in [0.15, 0.2) is 8.32 Å². The number of benzene rings is 1. The average Bonchev–Trinajstić information content (AvgIpc) is 3.33. The lowest BCUT2D eigenvalue weighted by atomic mass is 9.61. The summed E-state index contributed by atoms with van der Waals surface area (Å²) >= 11 is 0. The van der Waals surface area contributed by atoms with Crippen LogP contribution in [-0.2, 0) is 34.7 Å². The van der Waals surface area contributed by atoms with Gasteiger partial charge in [-0.2, -0.15) is 0 Å². The maximum absolute atomic E-state index is 11.9. The molecule has 6 atom stereocenters. The summed E-state index contributed by atoms with van der Waals surface area (Å²) in [5.74, 6) is 0.259. The zero-order valence-electron chi connectivity index (χ0n) is 31.2. The molecule has 0 radical (unpaired) electrons. The molecule has 1 aromatic carbocycles. The molecule has 1 spiro atoms. The van der Waals surface area contributed by atoms with Crippen molar-refractivity contribution in [2.24, 2.45) is 16.7 Å². The molecule has 47 heavy (non-hydrogen) atoms. The van der Waals surface area contributed by atoms with Crippen LogP contribution in [0.15, 0.2) is 54.8 Å². The van der Waals surface area contributed by atoms with Gasteiger partial charge in [0.25, 0.3) is 0 Å². The fourth-order valence-corrected chi connectivity index (χ4v) is 9.50. The number of aliphatic hydroxyl groups excluding tert-OH is 1. The van der Waals surface area contributed by atoms with E-state index in [2.05, 4.69) is 85.6 Å². The van der Waals surface area contributed by atoms with E-state index in [1.807, 2.05) is 36.6 Å². The van der Waals surface area contributed by atoms with Crippen molar-refractivity contribution in [3.8, 4) is 0 Å².